The largest absolute Gasteiger partial charge is 0.492 e. The highest BCUT2D eigenvalue weighted by Gasteiger charge is 2.34. The van der Waals surface area contributed by atoms with Gasteiger partial charge in [-0.15, -0.1) is 0 Å². The van der Waals surface area contributed by atoms with Crippen LogP contribution in [0.2, 0.25) is 0 Å². The molecule has 0 aromatic heterocycles. The maximum atomic E-state index is 12.9. The minimum Gasteiger partial charge on any atom is -0.492 e. The van der Waals surface area contributed by atoms with Gasteiger partial charge in [-0.25, -0.2) is 8.42 Å². The van der Waals surface area contributed by atoms with Crippen LogP contribution >= 0.6 is 15.9 Å². The van der Waals surface area contributed by atoms with E-state index in [0.717, 1.165) is 6.07 Å². The molecule has 0 fully saturated rings. The molecule has 0 aliphatic rings. The summed E-state index contributed by atoms with van der Waals surface area (Å²) in [7, 11) is -3.28. The van der Waals surface area contributed by atoms with Crippen molar-refractivity contribution in [2.45, 2.75) is 24.9 Å². The quantitative estimate of drug-likeness (QED) is 0.667. The Morgan fingerprint density at radius 2 is 1.90 bits per heavy atom. The summed E-state index contributed by atoms with van der Waals surface area (Å²) in [6, 6.07) is 3.70. The fourth-order valence-corrected chi connectivity index (χ4v) is 3.21. The predicted octanol–water partition coefficient (Wildman–Crippen LogP) is 3.80. The van der Waals surface area contributed by atoms with E-state index in [1.165, 1.54) is 12.1 Å². The van der Waals surface area contributed by atoms with Crippen molar-refractivity contribution in [3.05, 3.63) is 29.3 Å². The summed E-state index contributed by atoms with van der Waals surface area (Å²) in [6.07, 6.45) is -4.08. The summed E-state index contributed by atoms with van der Waals surface area (Å²) in [5.41, 5.74) is -0.430. The zero-order valence-electron chi connectivity index (χ0n) is 11.4. The van der Waals surface area contributed by atoms with Crippen LogP contribution in [0.4, 0.5) is 13.2 Å². The molecule has 1 rings (SSSR count). The highest BCUT2D eigenvalue weighted by molar-refractivity contribution is 9.08. The number of halogens is 4. The standard InChI is InChI=1S/C13H16BrF3O3S/c1-2-6-21(18,19)7-5-20-12-4-3-10(9-14)8-11(12)13(15,16)17/h3-4,8H,2,5-7,9H2,1H3. The van der Waals surface area contributed by atoms with Gasteiger partial charge in [-0.3, -0.25) is 0 Å². The second kappa shape index (κ2) is 7.49. The van der Waals surface area contributed by atoms with Crippen molar-refractivity contribution in [2.24, 2.45) is 0 Å². The maximum absolute atomic E-state index is 12.9. The zero-order chi connectivity index (χ0) is 16.1. The lowest BCUT2D eigenvalue weighted by Crippen LogP contribution is -2.18. The molecule has 1 aromatic carbocycles. The molecule has 0 spiro atoms. The number of ether oxygens (including phenoxy) is 1. The van der Waals surface area contributed by atoms with Gasteiger partial charge >= 0.3 is 6.18 Å². The Morgan fingerprint density at radius 1 is 1.24 bits per heavy atom. The van der Waals surface area contributed by atoms with E-state index < -0.39 is 21.6 Å². The van der Waals surface area contributed by atoms with Crippen molar-refractivity contribution in [3.8, 4) is 5.75 Å². The molecule has 120 valence electrons. The van der Waals surface area contributed by atoms with Gasteiger partial charge in [0, 0.05) is 5.33 Å². The molecule has 0 aliphatic carbocycles. The summed E-state index contributed by atoms with van der Waals surface area (Å²) in [4.78, 5) is 0. The molecule has 0 heterocycles. The molecule has 0 atom stereocenters. The summed E-state index contributed by atoms with van der Waals surface area (Å²) in [5, 5.41) is 0.293. The zero-order valence-corrected chi connectivity index (χ0v) is 13.8. The molecule has 0 unspecified atom stereocenters. The van der Waals surface area contributed by atoms with Gasteiger partial charge in [-0.05, 0) is 24.1 Å². The average Bonchev–Trinajstić information content (AvgIpc) is 2.37. The van der Waals surface area contributed by atoms with Gasteiger partial charge in [0.1, 0.15) is 12.4 Å². The molecule has 0 N–H and O–H groups in total. The Morgan fingerprint density at radius 3 is 2.43 bits per heavy atom. The third kappa shape index (κ3) is 5.86. The Labute approximate surface area is 130 Å². The normalized spacial score (nSPS) is 12.4. The summed E-state index contributed by atoms with van der Waals surface area (Å²) >= 11 is 3.09. The van der Waals surface area contributed by atoms with Crippen molar-refractivity contribution in [3.63, 3.8) is 0 Å². The van der Waals surface area contributed by atoms with Gasteiger partial charge in [0.15, 0.2) is 9.84 Å². The molecule has 21 heavy (non-hydrogen) atoms. The number of hydrogen-bond acceptors (Lipinski definition) is 3. The van der Waals surface area contributed by atoms with E-state index in [-0.39, 0.29) is 23.9 Å². The van der Waals surface area contributed by atoms with Crippen LogP contribution in [0.15, 0.2) is 18.2 Å². The highest BCUT2D eigenvalue weighted by Crippen LogP contribution is 2.37. The summed E-state index contributed by atoms with van der Waals surface area (Å²) < 4.78 is 66.8. The number of sulfone groups is 1. The second-order valence-electron chi connectivity index (χ2n) is 4.46. The second-order valence-corrected chi connectivity index (χ2v) is 7.33. The van der Waals surface area contributed by atoms with Crippen molar-refractivity contribution in [2.75, 3.05) is 18.1 Å². The van der Waals surface area contributed by atoms with Crippen LogP contribution in [-0.2, 0) is 21.3 Å². The monoisotopic (exact) mass is 388 g/mol. The fraction of sp³-hybridized carbons (Fsp3) is 0.538. The lowest BCUT2D eigenvalue weighted by atomic mass is 10.1. The van der Waals surface area contributed by atoms with Crippen LogP contribution in [0.25, 0.3) is 0 Å². The van der Waals surface area contributed by atoms with Crippen molar-refractivity contribution >= 4 is 25.8 Å². The molecular formula is C13H16BrF3O3S. The average molecular weight is 389 g/mol. The molecule has 0 amide bonds. The first-order chi connectivity index (χ1) is 9.69. The Balaban J connectivity index is 2.84. The SMILES string of the molecule is CCCS(=O)(=O)CCOc1ccc(CBr)cc1C(F)(F)F. The smallest absolute Gasteiger partial charge is 0.419 e. The maximum Gasteiger partial charge on any atom is 0.419 e. The van der Waals surface area contributed by atoms with Crippen LogP contribution in [0.5, 0.6) is 5.75 Å². The fourth-order valence-electron chi connectivity index (χ4n) is 1.70. The van der Waals surface area contributed by atoms with Gasteiger partial charge in [-0.1, -0.05) is 28.9 Å². The van der Waals surface area contributed by atoms with Crippen LogP contribution in [0, 0.1) is 0 Å². The minimum absolute atomic E-state index is 0.00497. The molecule has 8 heteroatoms. The summed E-state index contributed by atoms with van der Waals surface area (Å²) in [5.74, 6) is -0.637. The van der Waals surface area contributed by atoms with Crippen molar-refractivity contribution < 1.29 is 26.3 Å². The molecule has 0 aliphatic heterocycles. The topological polar surface area (TPSA) is 43.4 Å². The van der Waals surface area contributed by atoms with Gasteiger partial charge in [-0.2, -0.15) is 13.2 Å². The van der Waals surface area contributed by atoms with E-state index in [2.05, 4.69) is 15.9 Å². The minimum atomic E-state index is -4.55. The molecule has 0 saturated carbocycles. The van der Waals surface area contributed by atoms with Gasteiger partial charge < -0.3 is 4.74 Å². The van der Waals surface area contributed by atoms with E-state index in [4.69, 9.17) is 4.74 Å². The Hall–Kier alpha value is -0.760. The number of hydrogen-bond donors (Lipinski definition) is 0. The number of alkyl halides is 4. The molecule has 0 radical (unpaired) electrons. The van der Waals surface area contributed by atoms with E-state index >= 15 is 0 Å². The van der Waals surface area contributed by atoms with E-state index in [1.807, 2.05) is 0 Å². The lowest BCUT2D eigenvalue weighted by molar-refractivity contribution is -0.138. The first kappa shape index (κ1) is 18.3. The number of benzene rings is 1. The third-order valence-corrected chi connectivity index (χ3v) is 5.14. The van der Waals surface area contributed by atoms with Crippen LogP contribution < -0.4 is 4.74 Å². The van der Waals surface area contributed by atoms with Crippen LogP contribution in [0.1, 0.15) is 24.5 Å². The van der Waals surface area contributed by atoms with Gasteiger partial charge in [0.05, 0.1) is 17.1 Å². The first-order valence-corrected chi connectivity index (χ1v) is 9.23. The Kier molecular flexibility index (Phi) is 6.52. The first-order valence-electron chi connectivity index (χ1n) is 6.29. The van der Waals surface area contributed by atoms with E-state index in [0.29, 0.717) is 17.3 Å². The van der Waals surface area contributed by atoms with E-state index in [9.17, 15) is 21.6 Å². The lowest BCUT2D eigenvalue weighted by Gasteiger charge is -2.15. The van der Waals surface area contributed by atoms with Crippen molar-refractivity contribution in [1.29, 1.82) is 0 Å². The highest BCUT2D eigenvalue weighted by atomic mass is 79.9. The van der Waals surface area contributed by atoms with Gasteiger partial charge in [0.25, 0.3) is 0 Å². The molecular weight excluding hydrogens is 373 g/mol. The Bertz CT molecular complexity index is 571. The van der Waals surface area contributed by atoms with Crippen LogP contribution in [0.3, 0.4) is 0 Å². The third-order valence-electron chi connectivity index (χ3n) is 2.67. The van der Waals surface area contributed by atoms with Crippen LogP contribution in [-0.4, -0.2) is 26.5 Å². The molecule has 3 nitrogen and oxygen atoms in total. The summed E-state index contributed by atoms with van der Waals surface area (Å²) in [6.45, 7) is 1.43. The number of rotatable bonds is 7. The van der Waals surface area contributed by atoms with Crippen molar-refractivity contribution in [1.82, 2.24) is 0 Å². The predicted molar refractivity (Wildman–Crippen MR) is 78.5 cm³/mol. The van der Waals surface area contributed by atoms with Gasteiger partial charge in [0.2, 0.25) is 0 Å². The van der Waals surface area contributed by atoms with E-state index in [1.54, 1.807) is 6.92 Å². The molecule has 0 bridgehead atoms. The molecule has 1 aromatic rings. The molecule has 0 saturated heterocycles.